The summed E-state index contributed by atoms with van der Waals surface area (Å²) in [5.41, 5.74) is 4.87. The molecule has 0 saturated carbocycles. The molecule has 2 aliphatic heterocycles. The first-order valence-electron chi connectivity index (χ1n) is 10.9. The van der Waals surface area contributed by atoms with Gasteiger partial charge in [-0.15, -0.1) is 0 Å². The maximum absolute atomic E-state index is 13.6. The van der Waals surface area contributed by atoms with Crippen molar-refractivity contribution in [3.8, 4) is 11.5 Å². The zero-order valence-corrected chi connectivity index (χ0v) is 18.0. The van der Waals surface area contributed by atoms with E-state index >= 15 is 0 Å². The predicted molar refractivity (Wildman–Crippen MR) is 121 cm³/mol. The van der Waals surface area contributed by atoms with Crippen LogP contribution in [0.25, 0.3) is 10.9 Å². The zero-order valence-electron chi connectivity index (χ0n) is 18.0. The summed E-state index contributed by atoms with van der Waals surface area (Å²) < 4.78 is 10.9. The number of ether oxygens (including phenoxy) is 2. The van der Waals surface area contributed by atoms with Crippen LogP contribution in [-0.2, 0) is 9.59 Å². The van der Waals surface area contributed by atoms with Crippen molar-refractivity contribution in [1.29, 1.82) is 0 Å². The summed E-state index contributed by atoms with van der Waals surface area (Å²) >= 11 is 0. The molecule has 7 nitrogen and oxygen atoms in total. The SMILES string of the molecule is CC1=C(C(=O)O)C(c2c[nH]c3ccccc23)C2=C(CC(c3ccc4c(c3)OCO4)CC2=O)N1. The predicted octanol–water partition coefficient (Wildman–Crippen LogP) is 4.34. The molecule has 33 heavy (non-hydrogen) atoms. The van der Waals surface area contributed by atoms with Gasteiger partial charge in [0.1, 0.15) is 0 Å². The second-order valence-electron chi connectivity index (χ2n) is 8.72. The van der Waals surface area contributed by atoms with E-state index in [1.165, 1.54) is 0 Å². The van der Waals surface area contributed by atoms with Crippen LogP contribution in [-0.4, -0.2) is 28.6 Å². The number of fused-ring (bicyclic) bond motifs is 2. The molecule has 2 unspecified atom stereocenters. The first kappa shape index (κ1) is 19.7. The molecule has 7 heteroatoms. The van der Waals surface area contributed by atoms with Crippen LogP contribution in [0.2, 0.25) is 0 Å². The van der Waals surface area contributed by atoms with Crippen molar-refractivity contribution in [2.24, 2.45) is 0 Å². The number of aromatic nitrogens is 1. The fourth-order valence-electron chi connectivity index (χ4n) is 5.37. The Kier molecular flexibility index (Phi) is 4.33. The van der Waals surface area contributed by atoms with Gasteiger partial charge >= 0.3 is 5.97 Å². The summed E-state index contributed by atoms with van der Waals surface area (Å²) in [7, 11) is 0. The van der Waals surface area contributed by atoms with Gasteiger partial charge in [0.15, 0.2) is 17.3 Å². The molecular weight excluding hydrogens is 420 g/mol. The molecule has 0 radical (unpaired) electrons. The molecule has 0 fully saturated rings. The number of H-pyrrole nitrogens is 1. The molecule has 6 rings (SSSR count). The van der Waals surface area contributed by atoms with E-state index in [0.717, 1.165) is 27.7 Å². The van der Waals surface area contributed by atoms with Gasteiger partial charge in [0, 0.05) is 40.5 Å². The van der Waals surface area contributed by atoms with Gasteiger partial charge in [-0.05, 0) is 48.6 Å². The molecule has 0 amide bonds. The van der Waals surface area contributed by atoms with E-state index in [4.69, 9.17) is 9.47 Å². The van der Waals surface area contributed by atoms with E-state index in [1.54, 1.807) is 6.92 Å². The third kappa shape index (κ3) is 3.03. The lowest BCUT2D eigenvalue weighted by Gasteiger charge is -2.36. The maximum Gasteiger partial charge on any atom is 0.334 e. The molecule has 3 aliphatic rings. The highest BCUT2D eigenvalue weighted by molar-refractivity contribution is 6.05. The number of allylic oxidation sites excluding steroid dienone is 3. The number of nitrogens with one attached hydrogen (secondary N) is 2. The zero-order chi connectivity index (χ0) is 22.7. The Morgan fingerprint density at radius 3 is 2.76 bits per heavy atom. The Hall–Kier alpha value is -4.00. The fourth-order valence-corrected chi connectivity index (χ4v) is 5.37. The number of carboxylic acid groups (broad SMARTS) is 1. The van der Waals surface area contributed by atoms with Crippen LogP contribution in [0.3, 0.4) is 0 Å². The standard InChI is InChI=1S/C26H22N2O5/c1-13-23(26(30)31)24(17-11-27-18-5-3-2-4-16(17)18)25-19(28-13)8-15(9-20(25)29)14-6-7-21-22(10-14)33-12-32-21/h2-7,10-11,15,24,27-28H,8-9,12H2,1H3,(H,30,31). The number of hydrogen-bond donors (Lipinski definition) is 3. The molecule has 3 heterocycles. The number of carboxylic acids is 1. The summed E-state index contributed by atoms with van der Waals surface area (Å²) in [6.07, 6.45) is 2.76. The van der Waals surface area contributed by atoms with E-state index in [1.807, 2.05) is 48.7 Å². The Bertz CT molecular complexity index is 1400. The van der Waals surface area contributed by atoms with Crippen LogP contribution in [0.15, 0.2) is 71.2 Å². The number of aromatic amines is 1. The number of para-hydroxylation sites is 1. The lowest BCUT2D eigenvalue weighted by atomic mass is 9.71. The van der Waals surface area contributed by atoms with Gasteiger partial charge in [0.05, 0.1) is 11.5 Å². The van der Waals surface area contributed by atoms with E-state index < -0.39 is 11.9 Å². The average Bonchev–Trinajstić information content (AvgIpc) is 3.44. The van der Waals surface area contributed by atoms with Crippen LogP contribution in [0.4, 0.5) is 0 Å². The smallest absolute Gasteiger partial charge is 0.334 e. The summed E-state index contributed by atoms with van der Waals surface area (Å²) in [6, 6.07) is 13.6. The van der Waals surface area contributed by atoms with Crippen molar-refractivity contribution in [3.63, 3.8) is 0 Å². The highest BCUT2D eigenvalue weighted by Crippen LogP contribution is 2.47. The molecule has 0 spiro atoms. The summed E-state index contributed by atoms with van der Waals surface area (Å²) in [5, 5.41) is 14.3. The number of Topliss-reactive ketones (excluding diaryl/α,β-unsaturated/α-hetero) is 1. The maximum atomic E-state index is 13.6. The molecule has 1 aliphatic carbocycles. The highest BCUT2D eigenvalue weighted by Gasteiger charge is 2.41. The summed E-state index contributed by atoms with van der Waals surface area (Å²) in [4.78, 5) is 29.1. The van der Waals surface area contributed by atoms with Crippen molar-refractivity contribution >= 4 is 22.7 Å². The molecule has 3 N–H and O–H groups in total. The first-order chi connectivity index (χ1) is 16.0. The van der Waals surface area contributed by atoms with E-state index in [9.17, 15) is 14.7 Å². The van der Waals surface area contributed by atoms with E-state index in [2.05, 4.69) is 10.3 Å². The van der Waals surface area contributed by atoms with Gasteiger partial charge < -0.3 is 24.9 Å². The molecule has 0 bridgehead atoms. The van der Waals surface area contributed by atoms with Crippen molar-refractivity contribution < 1.29 is 24.2 Å². The average molecular weight is 442 g/mol. The molecule has 2 aromatic carbocycles. The Morgan fingerprint density at radius 1 is 1.09 bits per heavy atom. The molecule has 1 aromatic heterocycles. The number of benzene rings is 2. The Morgan fingerprint density at radius 2 is 1.91 bits per heavy atom. The van der Waals surface area contributed by atoms with Crippen molar-refractivity contribution in [1.82, 2.24) is 10.3 Å². The van der Waals surface area contributed by atoms with Crippen LogP contribution in [0.1, 0.15) is 42.7 Å². The van der Waals surface area contributed by atoms with Crippen molar-refractivity contribution in [2.45, 2.75) is 31.6 Å². The number of carbonyl (C=O) groups is 2. The van der Waals surface area contributed by atoms with Gasteiger partial charge in [-0.3, -0.25) is 4.79 Å². The minimum absolute atomic E-state index is 0.0268. The molecular formula is C26H22N2O5. The highest BCUT2D eigenvalue weighted by atomic mass is 16.7. The largest absolute Gasteiger partial charge is 0.478 e. The van der Waals surface area contributed by atoms with Gasteiger partial charge in [-0.1, -0.05) is 24.3 Å². The second-order valence-corrected chi connectivity index (χ2v) is 8.72. The molecule has 0 saturated heterocycles. The molecule has 166 valence electrons. The third-order valence-corrected chi connectivity index (χ3v) is 6.86. The normalized spacial score (nSPS) is 21.9. The lowest BCUT2D eigenvalue weighted by Crippen LogP contribution is -2.35. The van der Waals surface area contributed by atoms with Crippen molar-refractivity contribution in [3.05, 3.63) is 82.3 Å². The number of ketones is 1. The second kappa shape index (κ2) is 7.27. The molecule has 2 atom stereocenters. The van der Waals surface area contributed by atoms with Crippen LogP contribution >= 0.6 is 0 Å². The number of carbonyl (C=O) groups excluding carboxylic acids is 1. The number of hydrogen-bond acceptors (Lipinski definition) is 5. The Balaban J connectivity index is 1.45. The Labute approximate surface area is 189 Å². The molecule has 3 aromatic rings. The summed E-state index contributed by atoms with van der Waals surface area (Å²) in [5.74, 6) is -0.306. The number of rotatable bonds is 3. The van der Waals surface area contributed by atoms with Gasteiger partial charge in [-0.2, -0.15) is 0 Å². The van der Waals surface area contributed by atoms with E-state index in [-0.39, 0.29) is 24.1 Å². The van der Waals surface area contributed by atoms with Gasteiger partial charge in [0.25, 0.3) is 0 Å². The fraction of sp³-hybridized carbons (Fsp3) is 0.231. The number of aliphatic carboxylic acids is 1. The monoisotopic (exact) mass is 442 g/mol. The first-order valence-corrected chi connectivity index (χ1v) is 10.9. The quantitative estimate of drug-likeness (QED) is 0.558. The number of dihydropyridines is 1. The van der Waals surface area contributed by atoms with Crippen LogP contribution < -0.4 is 14.8 Å². The van der Waals surface area contributed by atoms with Gasteiger partial charge in [0.2, 0.25) is 6.79 Å². The topological polar surface area (TPSA) is 101 Å². The van der Waals surface area contributed by atoms with Crippen LogP contribution in [0, 0.1) is 0 Å². The minimum Gasteiger partial charge on any atom is -0.478 e. The lowest BCUT2D eigenvalue weighted by molar-refractivity contribution is -0.133. The van der Waals surface area contributed by atoms with Gasteiger partial charge in [-0.25, -0.2) is 4.79 Å². The summed E-state index contributed by atoms with van der Waals surface area (Å²) in [6.45, 7) is 1.97. The third-order valence-electron chi connectivity index (χ3n) is 6.86. The van der Waals surface area contributed by atoms with E-state index in [0.29, 0.717) is 35.6 Å². The van der Waals surface area contributed by atoms with Crippen LogP contribution in [0.5, 0.6) is 11.5 Å². The van der Waals surface area contributed by atoms with Crippen molar-refractivity contribution in [2.75, 3.05) is 6.79 Å². The minimum atomic E-state index is -1.02.